The molecule has 1 fully saturated rings. The van der Waals surface area contributed by atoms with Crippen LogP contribution in [0.25, 0.3) is 0 Å². The Bertz CT molecular complexity index is 675. The van der Waals surface area contributed by atoms with E-state index in [1.54, 1.807) is 0 Å². The van der Waals surface area contributed by atoms with Crippen LogP contribution in [-0.4, -0.2) is 41.7 Å². The molecule has 1 aliphatic heterocycles. The number of hydrogen-bond acceptors (Lipinski definition) is 3. The van der Waals surface area contributed by atoms with E-state index in [4.69, 9.17) is 4.99 Å². The summed E-state index contributed by atoms with van der Waals surface area (Å²) in [6.07, 6.45) is 11.3. The van der Waals surface area contributed by atoms with Crippen molar-refractivity contribution in [2.45, 2.75) is 45.7 Å². The molecule has 0 atom stereocenters. The zero-order chi connectivity index (χ0) is 18.7. The minimum absolute atomic E-state index is 0. The van der Waals surface area contributed by atoms with Gasteiger partial charge < -0.3 is 20.1 Å². The maximum atomic E-state index is 4.69. The average molecular weight is 496 g/mol. The van der Waals surface area contributed by atoms with Gasteiger partial charge in [0, 0.05) is 51.3 Å². The molecule has 0 aromatic carbocycles. The number of nitrogens with one attached hydrogen (secondary N) is 2. The van der Waals surface area contributed by atoms with Crippen molar-refractivity contribution < 1.29 is 0 Å². The van der Waals surface area contributed by atoms with Gasteiger partial charge in [0.15, 0.2) is 5.96 Å². The predicted molar refractivity (Wildman–Crippen MR) is 128 cm³/mol. The standard InChI is InChI=1S/C21H32N6.HI/c1-2-22-21(23-11-16-26-12-7-8-13-26)25-18-19-9-10-20(24-17-19)27-14-5-3-4-6-15-27;/h7-10,12-13,17H,2-6,11,14-16,18H2,1H3,(H2,22,23,25);1H. The van der Waals surface area contributed by atoms with Crippen molar-refractivity contribution in [2.24, 2.45) is 4.99 Å². The smallest absolute Gasteiger partial charge is 0.191 e. The summed E-state index contributed by atoms with van der Waals surface area (Å²) in [6.45, 7) is 7.57. The largest absolute Gasteiger partial charge is 0.357 e. The maximum absolute atomic E-state index is 4.69. The van der Waals surface area contributed by atoms with E-state index in [1.165, 1.54) is 25.7 Å². The molecule has 2 aromatic rings. The Morgan fingerprint density at radius 3 is 2.46 bits per heavy atom. The Morgan fingerprint density at radius 2 is 1.82 bits per heavy atom. The maximum Gasteiger partial charge on any atom is 0.191 e. The van der Waals surface area contributed by atoms with Gasteiger partial charge in [-0.25, -0.2) is 9.98 Å². The van der Waals surface area contributed by atoms with Gasteiger partial charge in [0.25, 0.3) is 0 Å². The van der Waals surface area contributed by atoms with E-state index < -0.39 is 0 Å². The highest BCUT2D eigenvalue weighted by Crippen LogP contribution is 2.17. The highest BCUT2D eigenvalue weighted by molar-refractivity contribution is 14.0. The zero-order valence-electron chi connectivity index (χ0n) is 16.8. The minimum Gasteiger partial charge on any atom is -0.357 e. The number of nitrogens with zero attached hydrogens (tertiary/aromatic N) is 4. The Hall–Kier alpha value is -1.77. The lowest BCUT2D eigenvalue weighted by molar-refractivity contribution is 0.665. The van der Waals surface area contributed by atoms with Gasteiger partial charge >= 0.3 is 0 Å². The van der Waals surface area contributed by atoms with Crippen molar-refractivity contribution >= 4 is 35.8 Å². The first-order valence-electron chi connectivity index (χ1n) is 10.2. The first-order valence-corrected chi connectivity index (χ1v) is 10.2. The lowest BCUT2D eigenvalue weighted by Gasteiger charge is -2.21. The van der Waals surface area contributed by atoms with Crippen molar-refractivity contribution in [1.29, 1.82) is 0 Å². The Kier molecular flexibility index (Phi) is 10.2. The van der Waals surface area contributed by atoms with Crippen molar-refractivity contribution in [2.75, 3.05) is 31.1 Å². The summed E-state index contributed by atoms with van der Waals surface area (Å²) in [5.41, 5.74) is 1.14. The molecule has 7 heteroatoms. The Balaban J connectivity index is 0.00000280. The quantitative estimate of drug-likeness (QED) is 0.349. The number of hydrogen-bond donors (Lipinski definition) is 2. The number of rotatable bonds is 7. The molecule has 0 saturated carbocycles. The van der Waals surface area contributed by atoms with Crippen LogP contribution in [0, 0.1) is 0 Å². The van der Waals surface area contributed by atoms with Crippen molar-refractivity contribution in [3.05, 3.63) is 48.4 Å². The number of pyridine rings is 1. The number of aliphatic imine (C=N–C) groups is 1. The summed E-state index contributed by atoms with van der Waals surface area (Å²) in [6, 6.07) is 8.38. The van der Waals surface area contributed by atoms with Crippen LogP contribution in [0.3, 0.4) is 0 Å². The van der Waals surface area contributed by atoms with Crippen LogP contribution in [0.1, 0.15) is 38.2 Å². The molecule has 154 valence electrons. The van der Waals surface area contributed by atoms with Crippen LogP contribution in [0.4, 0.5) is 5.82 Å². The highest BCUT2D eigenvalue weighted by Gasteiger charge is 2.10. The van der Waals surface area contributed by atoms with Gasteiger partial charge in [-0.05, 0) is 43.5 Å². The van der Waals surface area contributed by atoms with Gasteiger partial charge in [0.05, 0.1) is 6.54 Å². The van der Waals surface area contributed by atoms with Crippen LogP contribution in [-0.2, 0) is 13.1 Å². The summed E-state index contributed by atoms with van der Waals surface area (Å²) in [7, 11) is 0. The normalized spacial score (nSPS) is 14.9. The number of anilines is 1. The number of aromatic nitrogens is 2. The second-order valence-corrected chi connectivity index (χ2v) is 6.97. The first-order chi connectivity index (χ1) is 13.3. The van der Waals surface area contributed by atoms with Crippen LogP contribution in [0.2, 0.25) is 0 Å². The van der Waals surface area contributed by atoms with Crippen LogP contribution < -0.4 is 15.5 Å². The fraction of sp³-hybridized carbons (Fsp3) is 0.524. The lowest BCUT2D eigenvalue weighted by atomic mass is 10.2. The molecule has 3 heterocycles. The number of guanidine groups is 1. The summed E-state index contributed by atoms with van der Waals surface area (Å²) < 4.78 is 2.15. The molecule has 0 unspecified atom stereocenters. The molecule has 3 rings (SSSR count). The van der Waals surface area contributed by atoms with Gasteiger partial charge in [-0.1, -0.05) is 18.9 Å². The summed E-state index contributed by atoms with van der Waals surface area (Å²) in [5, 5.41) is 6.69. The molecule has 1 aliphatic rings. The van der Waals surface area contributed by atoms with Gasteiger partial charge in [-0.3, -0.25) is 0 Å². The van der Waals surface area contributed by atoms with E-state index in [9.17, 15) is 0 Å². The molecular formula is C21H33IN6. The summed E-state index contributed by atoms with van der Waals surface area (Å²) in [4.78, 5) is 11.8. The minimum atomic E-state index is 0. The molecule has 1 saturated heterocycles. The van der Waals surface area contributed by atoms with E-state index >= 15 is 0 Å². The summed E-state index contributed by atoms with van der Waals surface area (Å²) >= 11 is 0. The van der Waals surface area contributed by atoms with E-state index in [1.807, 2.05) is 18.3 Å². The molecule has 2 aromatic heterocycles. The molecule has 28 heavy (non-hydrogen) atoms. The fourth-order valence-electron chi connectivity index (χ4n) is 3.33. The van der Waals surface area contributed by atoms with Crippen LogP contribution >= 0.6 is 24.0 Å². The third-order valence-electron chi connectivity index (χ3n) is 4.83. The highest BCUT2D eigenvalue weighted by atomic mass is 127. The van der Waals surface area contributed by atoms with Crippen molar-refractivity contribution in [3.8, 4) is 0 Å². The first kappa shape index (κ1) is 22.5. The SMILES string of the molecule is CCNC(=NCc1ccc(N2CCCCCC2)nc1)NCCn1cccc1.I. The molecule has 6 nitrogen and oxygen atoms in total. The summed E-state index contributed by atoms with van der Waals surface area (Å²) in [5.74, 6) is 1.95. The van der Waals surface area contributed by atoms with E-state index in [-0.39, 0.29) is 24.0 Å². The van der Waals surface area contributed by atoms with Crippen molar-refractivity contribution in [1.82, 2.24) is 20.2 Å². The predicted octanol–water partition coefficient (Wildman–Crippen LogP) is 3.64. The van der Waals surface area contributed by atoms with E-state index in [2.05, 4.69) is 56.5 Å². The molecule has 0 amide bonds. The van der Waals surface area contributed by atoms with E-state index in [0.29, 0.717) is 6.54 Å². The fourth-order valence-corrected chi connectivity index (χ4v) is 3.33. The molecule has 2 N–H and O–H groups in total. The second-order valence-electron chi connectivity index (χ2n) is 6.97. The third kappa shape index (κ3) is 7.33. The van der Waals surface area contributed by atoms with Crippen LogP contribution in [0.5, 0.6) is 0 Å². The van der Waals surface area contributed by atoms with E-state index in [0.717, 1.165) is 50.1 Å². The lowest BCUT2D eigenvalue weighted by Crippen LogP contribution is -2.38. The Labute approximate surface area is 185 Å². The van der Waals surface area contributed by atoms with Gasteiger partial charge in [-0.2, -0.15) is 0 Å². The molecular weight excluding hydrogens is 463 g/mol. The number of halogens is 1. The Morgan fingerprint density at radius 1 is 1.07 bits per heavy atom. The molecule has 0 radical (unpaired) electrons. The molecule has 0 aliphatic carbocycles. The second kappa shape index (κ2) is 12.6. The average Bonchev–Trinajstić information content (AvgIpc) is 3.06. The van der Waals surface area contributed by atoms with Crippen LogP contribution in [0.15, 0.2) is 47.8 Å². The monoisotopic (exact) mass is 496 g/mol. The topological polar surface area (TPSA) is 57.5 Å². The zero-order valence-corrected chi connectivity index (χ0v) is 19.1. The molecule has 0 bridgehead atoms. The van der Waals surface area contributed by atoms with Crippen molar-refractivity contribution in [3.63, 3.8) is 0 Å². The van der Waals surface area contributed by atoms with Gasteiger partial charge in [0.1, 0.15) is 5.82 Å². The van der Waals surface area contributed by atoms with Gasteiger partial charge in [-0.15, -0.1) is 24.0 Å². The third-order valence-corrected chi connectivity index (χ3v) is 4.83. The molecule has 0 spiro atoms. The van der Waals surface area contributed by atoms with Gasteiger partial charge in [0.2, 0.25) is 0 Å².